The summed E-state index contributed by atoms with van der Waals surface area (Å²) in [5.41, 5.74) is 0.215. The largest absolute Gasteiger partial charge is 0.490 e. The van der Waals surface area contributed by atoms with Crippen LogP contribution in [0.2, 0.25) is 15.1 Å². The maximum Gasteiger partial charge on any atom is 0.156 e. The summed E-state index contributed by atoms with van der Waals surface area (Å²) in [4.78, 5) is 0. The number of rotatable bonds is 4. The van der Waals surface area contributed by atoms with E-state index < -0.39 is 0 Å². The quantitative estimate of drug-likeness (QED) is 0.591. The van der Waals surface area contributed by atoms with Gasteiger partial charge in [-0.25, -0.2) is 0 Å². The second-order valence-corrected chi connectivity index (χ2v) is 6.64. The van der Waals surface area contributed by atoms with E-state index in [0.717, 1.165) is 5.33 Å². The Bertz CT molecular complexity index is 407. The van der Waals surface area contributed by atoms with Crippen molar-refractivity contribution in [2.24, 2.45) is 5.41 Å². The highest BCUT2D eigenvalue weighted by Gasteiger charge is 2.34. The maximum absolute atomic E-state index is 6.10. The fourth-order valence-corrected chi connectivity index (χ4v) is 3.98. The third-order valence-corrected chi connectivity index (χ3v) is 5.40. The topological polar surface area (TPSA) is 9.23 Å². The summed E-state index contributed by atoms with van der Waals surface area (Å²) < 4.78 is 5.85. The van der Waals surface area contributed by atoms with Crippen molar-refractivity contribution in [1.29, 1.82) is 0 Å². The zero-order valence-corrected chi connectivity index (χ0v) is 13.7. The molecule has 100 valence electrons. The molecule has 1 aliphatic carbocycles. The number of benzene rings is 1. The first-order chi connectivity index (χ1) is 8.56. The minimum absolute atomic E-state index is 0.215. The van der Waals surface area contributed by atoms with Gasteiger partial charge in [0.05, 0.1) is 16.7 Å². The Balaban J connectivity index is 2.10. The average Bonchev–Trinajstić information content (AvgIpc) is 2.77. The fraction of sp³-hybridized carbons (Fsp3) is 0.538. The Morgan fingerprint density at radius 2 is 1.67 bits per heavy atom. The van der Waals surface area contributed by atoms with Crippen molar-refractivity contribution >= 4 is 50.7 Å². The Morgan fingerprint density at radius 3 is 2.17 bits per heavy atom. The first-order valence-corrected chi connectivity index (χ1v) is 8.15. The van der Waals surface area contributed by atoms with Gasteiger partial charge in [0.25, 0.3) is 0 Å². The summed E-state index contributed by atoms with van der Waals surface area (Å²) in [5.74, 6) is 0.537. The molecule has 0 bridgehead atoms. The zero-order chi connectivity index (χ0) is 13.2. The molecule has 0 radical (unpaired) electrons. The van der Waals surface area contributed by atoms with Crippen LogP contribution in [0.1, 0.15) is 25.7 Å². The van der Waals surface area contributed by atoms with Crippen molar-refractivity contribution in [3.63, 3.8) is 0 Å². The lowest BCUT2D eigenvalue weighted by Crippen LogP contribution is -2.27. The van der Waals surface area contributed by atoms with Crippen molar-refractivity contribution in [3.05, 3.63) is 27.2 Å². The van der Waals surface area contributed by atoms with E-state index in [1.54, 1.807) is 12.1 Å². The minimum Gasteiger partial charge on any atom is -0.490 e. The number of hydrogen-bond donors (Lipinski definition) is 0. The van der Waals surface area contributed by atoms with Crippen molar-refractivity contribution in [3.8, 4) is 5.75 Å². The van der Waals surface area contributed by atoms with Crippen LogP contribution in [0.5, 0.6) is 5.75 Å². The molecule has 0 unspecified atom stereocenters. The van der Waals surface area contributed by atoms with Crippen molar-refractivity contribution in [2.45, 2.75) is 25.7 Å². The molecule has 1 nitrogen and oxygen atoms in total. The van der Waals surface area contributed by atoms with E-state index >= 15 is 0 Å². The number of ether oxygens (including phenoxy) is 1. The van der Waals surface area contributed by atoms with Crippen LogP contribution in [0.3, 0.4) is 0 Å². The van der Waals surface area contributed by atoms with Crippen molar-refractivity contribution in [2.75, 3.05) is 11.9 Å². The number of alkyl halides is 1. The highest BCUT2D eigenvalue weighted by Crippen LogP contribution is 2.42. The van der Waals surface area contributed by atoms with Crippen LogP contribution in [0.15, 0.2) is 12.1 Å². The summed E-state index contributed by atoms with van der Waals surface area (Å²) in [6.45, 7) is 0.638. The van der Waals surface area contributed by atoms with Crippen LogP contribution in [-0.2, 0) is 0 Å². The lowest BCUT2D eigenvalue weighted by atomic mass is 9.90. The van der Waals surface area contributed by atoms with Crippen LogP contribution >= 0.6 is 50.7 Å². The SMILES string of the molecule is Clc1cc(Cl)c(OCC2(CBr)CCCC2)c(Cl)c1. The van der Waals surface area contributed by atoms with Gasteiger partial charge in [0, 0.05) is 15.8 Å². The van der Waals surface area contributed by atoms with Crippen molar-refractivity contribution in [1.82, 2.24) is 0 Å². The van der Waals surface area contributed by atoms with Gasteiger partial charge in [-0.15, -0.1) is 0 Å². The Labute approximate surface area is 131 Å². The van der Waals surface area contributed by atoms with Crippen molar-refractivity contribution < 1.29 is 4.74 Å². The molecule has 0 atom stereocenters. The van der Waals surface area contributed by atoms with Gasteiger partial charge in [0.15, 0.2) is 5.75 Å². The Kier molecular flexibility index (Phi) is 5.10. The normalized spacial score (nSPS) is 18.0. The number of hydrogen-bond acceptors (Lipinski definition) is 1. The molecular formula is C13H14BrCl3O. The summed E-state index contributed by atoms with van der Waals surface area (Å²) in [5, 5.41) is 2.40. The molecule has 1 aliphatic rings. The standard InChI is InChI=1S/C13H14BrCl3O/c14-7-13(3-1-2-4-13)8-18-12-10(16)5-9(15)6-11(12)17/h5-6H,1-4,7-8H2. The van der Waals surface area contributed by atoms with Crippen LogP contribution in [0, 0.1) is 5.41 Å². The van der Waals surface area contributed by atoms with E-state index in [9.17, 15) is 0 Å². The van der Waals surface area contributed by atoms with E-state index in [1.165, 1.54) is 25.7 Å². The third-order valence-electron chi connectivity index (χ3n) is 3.43. The molecule has 1 aromatic rings. The van der Waals surface area contributed by atoms with Gasteiger partial charge < -0.3 is 4.74 Å². The summed E-state index contributed by atoms with van der Waals surface area (Å²) >= 11 is 21.7. The average molecular weight is 373 g/mol. The molecule has 1 saturated carbocycles. The summed E-state index contributed by atoms with van der Waals surface area (Å²) in [6, 6.07) is 3.31. The van der Waals surface area contributed by atoms with E-state index in [4.69, 9.17) is 39.5 Å². The summed E-state index contributed by atoms with van der Waals surface area (Å²) in [7, 11) is 0. The van der Waals surface area contributed by atoms with Gasteiger partial charge in [0.2, 0.25) is 0 Å². The molecular weight excluding hydrogens is 358 g/mol. The minimum atomic E-state index is 0.215. The smallest absolute Gasteiger partial charge is 0.156 e. The molecule has 1 aromatic carbocycles. The Morgan fingerprint density at radius 1 is 1.11 bits per heavy atom. The molecule has 5 heteroatoms. The van der Waals surface area contributed by atoms with E-state index in [0.29, 0.717) is 27.4 Å². The highest BCUT2D eigenvalue weighted by molar-refractivity contribution is 9.09. The second kappa shape index (κ2) is 6.21. The molecule has 2 rings (SSSR count). The Hall–Kier alpha value is 0.370. The van der Waals surface area contributed by atoms with E-state index in [2.05, 4.69) is 15.9 Å². The molecule has 1 fully saturated rings. The molecule has 0 aromatic heterocycles. The monoisotopic (exact) mass is 370 g/mol. The molecule has 0 saturated heterocycles. The lowest BCUT2D eigenvalue weighted by molar-refractivity contribution is 0.174. The highest BCUT2D eigenvalue weighted by atomic mass is 79.9. The van der Waals surface area contributed by atoms with Crippen LogP contribution in [0.4, 0.5) is 0 Å². The molecule has 0 spiro atoms. The zero-order valence-electron chi connectivity index (χ0n) is 9.82. The summed E-state index contributed by atoms with van der Waals surface area (Å²) in [6.07, 6.45) is 4.89. The van der Waals surface area contributed by atoms with E-state index in [1.807, 2.05) is 0 Å². The van der Waals surface area contributed by atoms with Crippen LogP contribution < -0.4 is 4.74 Å². The van der Waals surface area contributed by atoms with Crippen LogP contribution in [0.25, 0.3) is 0 Å². The second-order valence-electron chi connectivity index (χ2n) is 4.83. The number of halogens is 4. The van der Waals surface area contributed by atoms with Gasteiger partial charge in [-0.05, 0) is 25.0 Å². The molecule has 0 amide bonds. The molecule has 0 aliphatic heterocycles. The first kappa shape index (κ1) is 14.8. The molecule has 18 heavy (non-hydrogen) atoms. The van der Waals surface area contributed by atoms with Gasteiger partial charge in [-0.3, -0.25) is 0 Å². The predicted molar refractivity (Wildman–Crippen MR) is 81.7 cm³/mol. The maximum atomic E-state index is 6.10. The first-order valence-electron chi connectivity index (χ1n) is 5.90. The fourth-order valence-electron chi connectivity index (χ4n) is 2.33. The third kappa shape index (κ3) is 3.27. The van der Waals surface area contributed by atoms with Gasteiger partial charge in [0.1, 0.15) is 0 Å². The lowest BCUT2D eigenvalue weighted by Gasteiger charge is -2.26. The predicted octanol–water partition coefficient (Wildman–Crippen LogP) is 5.98. The van der Waals surface area contributed by atoms with Gasteiger partial charge in [-0.2, -0.15) is 0 Å². The van der Waals surface area contributed by atoms with Gasteiger partial charge in [-0.1, -0.05) is 63.6 Å². The van der Waals surface area contributed by atoms with Gasteiger partial charge >= 0.3 is 0 Å². The molecule has 0 N–H and O–H groups in total. The van der Waals surface area contributed by atoms with E-state index in [-0.39, 0.29) is 5.41 Å². The van der Waals surface area contributed by atoms with Crippen LogP contribution in [-0.4, -0.2) is 11.9 Å². The molecule has 0 heterocycles.